The number of nitrogens with zero attached hydrogens (tertiary/aromatic N) is 4. The van der Waals surface area contributed by atoms with Gasteiger partial charge in [-0.25, -0.2) is 18.4 Å². The molecule has 0 radical (unpaired) electrons. The first-order chi connectivity index (χ1) is 12.2. The molecule has 2 aromatic heterocycles. The molecule has 138 valence electrons. The largest absolute Gasteiger partial charge is 0.255 e. The van der Waals surface area contributed by atoms with E-state index in [0.29, 0.717) is 20.4 Å². The third-order valence-corrected chi connectivity index (χ3v) is 8.66. The molecule has 1 aromatic carbocycles. The lowest BCUT2D eigenvalue weighted by atomic mass is 10.1. The van der Waals surface area contributed by atoms with Crippen molar-refractivity contribution in [2.45, 2.75) is 51.7 Å². The molecule has 2 heterocycles. The highest BCUT2D eigenvalue weighted by atomic mass is 32.2. The minimum atomic E-state index is -3.88. The zero-order chi connectivity index (χ0) is 19.1. The maximum atomic E-state index is 13.1. The highest BCUT2D eigenvalue weighted by molar-refractivity contribution is 8.01. The summed E-state index contributed by atoms with van der Waals surface area (Å²) < 4.78 is 26.8. The summed E-state index contributed by atoms with van der Waals surface area (Å²) in [6.07, 6.45) is 1.83. The zero-order valence-electron chi connectivity index (χ0n) is 15.0. The number of aromatic nitrogens is 4. The van der Waals surface area contributed by atoms with Crippen LogP contribution in [0.15, 0.2) is 30.9 Å². The number of aryl methyl sites for hydroxylation is 2. The molecule has 3 aromatic rings. The van der Waals surface area contributed by atoms with E-state index in [9.17, 15) is 8.42 Å². The van der Waals surface area contributed by atoms with E-state index >= 15 is 0 Å². The molecule has 0 N–H and O–H groups in total. The van der Waals surface area contributed by atoms with Crippen LogP contribution in [-0.2, 0) is 9.84 Å². The van der Waals surface area contributed by atoms with Crippen LogP contribution in [0.4, 0.5) is 0 Å². The minimum Gasteiger partial charge on any atom is -0.237 e. The first kappa shape index (κ1) is 19.5. The Morgan fingerprint density at radius 3 is 2.19 bits per heavy atom. The lowest BCUT2D eigenvalue weighted by Crippen LogP contribution is -2.09. The monoisotopic (exact) mass is 426 g/mol. The fourth-order valence-corrected chi connectivity index (χ4v) is 6.33. The van der Waals surface area contributed by atoms with Crippen molar-refractivity contribution < 1.29 is 8.42 Å². The Hall–Kier alpha value is -1.23. The number of benzene rings is 1. The molecule has 0 fully saturated rings. The lowest BCUT2D eigenvalue weighted by molar-refractivity contribution is 0.586. The average Bonchev–Trinajstić information content (AvgIpc) is 3.05. The highest BCUT2D eigenvalue weighted by Gasteiger charge is 2.30. The molecule has 0 spiro atoms. The summed E-state index contributed by atoms with van der Waals surface area (Å²) in [4.78, 5) is 9.08. The van der Waals surface area contributed by atoms with Crippen molar-refractivity contribution in [1.29, 1.82) is 0 Å². The molecule has 0 aliphatic heterocycles. The van der Waals surface area contributed by atoms with Crippen LogP contribution in [0.25, 0.3) is 11.0 Å². The molecule has 0 atom stereocenters. The van der Waals surface area contributed by atoms with E-state index < -0.39 is 9.84 Å². The van der Waals surface area contributed by atoms with Crippen molar-refractivity contribution in [3.05, 3.63) is 23.3 Å². The molecule has 0 bridgehead atoms. The summed E-state index contributed by atoms with van der Waals surface area (Å²) in [5.41, 5.74) is 3.39. The van der Waals surface area contributed by atoms with Crippen LogP contribution >= 0.6 is 34.9 Å². The summed E-state index contributed by atoms with van der Waals surface area (Å²) in [6, 6.07) is 3.81. The van der Waals surface area contributed by atoms with Crippen molar-refractivity contribution in [3.8, 4) is 0 Å². The van der Waals surface area contributed by atoms with E-state index in [1.807, 2.05) is 46.1 Å². The van der Waals surface area contributed by atoms with Crippen LogP contribution in [0.3, 0.4) is 0 Å². The lowest BCUT2D eigenvalue weighted by Gasteiger charge is -2.11. The van der Waals surface area contributed by atoms with Gasteiger partial charge in [0.25, 0.3) is 9.84 Å². The number of thioether (sulfide) groups is 2. The third kappa shape index (κ3) is 3.73. The van der Waals surface area contributed by atoms with Gasteiger partial charge in [-0.15, -0.1) is 22.0 Å². The second-order valence-electron chi connectivity index (χ2n) is 5.97. The normalized spacial score (nSPS) is 12.2. The van der Waals surface area contributed by atoms with E-state index in [4.69, 9.17) is 0 Å². The van der Waals surface area contributed by atoms with Crippen molar-refractivity contribution >= 4 is 55.7 Å². The maximum absolute atomic E-state index is 13.1. The molecular formula is C16H18N4O2S4. The van der Waals surface area contributed by atoms with Gasteiger partial charge in [0.1, 0.15) is 5.03 Å². The first-order valence-electron chi connectivity index (χ1n) is 7.80. The summed E-state index contributed by atoms with van der Waals surface area (Å²) in [6.45, 7) is 7.95. The zero-order valence-corrected chi connectivity index (χ0v) is 18.2. The van der Waals surface area contributed by atoms with Gasteiger partial charge < -0.3 is 0 Å². The van der Waals surface area contributed by atoms with E-state index in [2.05, 4.69) is 20.2 Å². The summed E-state index contributed by atoms with van der Waals surface area (Å²) in [5.74, 6) is 0. The standard InChI is InChI=1S/C16H18N4O2S4/c1-8(2)24-13-14(26(21,22)16-20-19-15(23-5)25-16)18-12-7-10(4)9(3)6-11(12)17-13/h6-8H,1-5H3. The highest BCUT2D eigenvalue weighted by Crippen LogP contribution is 2.34. The van der Waals surface area contributed by atoms with Crippen molar-refractivity contribution in [2.75, 3.05) is 6.26 Å². The van der Waals surface area contributed by atoms with Crippen LogP contribution < -0.4 is 0 Å². The second-order valence-corrected chi connectivity index (χ2v) is 11.6. The van der Waals surface area contributed by atoms with Gasteiger partial charge >= 0.3 is 0 Å². The van der Waals surface area contributed by atoms with Crippen LogP contribution in [0.2, 0.25) is 0 Å². The molecule has 6 nitrogen and oxygen atoms in total. The molecule has 0 saturated heterocycles. The van der Waals surface area contributed by atoms with Gasteiger partial charge in [-0.3, -0.25) is 0 Å². The van der Waals surface area contributed by atoms with Gasteiger partial charge in [0.2, 0.25) is 4.34 Å². The Kier molecular flexibility index (Phi) is 5.57. The van der Waals surface area contributed by atoms with Crippen LogP contribution in [0, 0.1) is 13.8 Å². The van der Waals surface area contributed by atoms with Gasteiger partial charge in [0, 0.05) is 5.25 Å². The maximum Gasteiger partial charge on any atom is 0.255 e. The van der Waals surface area contributed by atoms with Gasteiger partial charge in [0.15, 0.2) is 9.37 Å². The molecule has 0 aliphatic rings. The van der Waals surface area contributed by atoms with E-state index in [1.165, 1.54) is 23.5 Å². The summed E-state index contributed by atoms with van der Waals surface area (Å²) >= 11 is 3.79. The fourth-order valence-electron chi connectivity index (χ4n) is 2.23. The molecule has 0 unspecified atom stereocenters. The quantitative estimate of drug-likeness (QED) is 0.562. The van der Waals surface area contributed by atoms with Crippen molar-refractivity contribution in [3.63, 3.8) is 0 Å². The smallest absolute Gasteiger partial charge is 0.237 e. The van der Waals surface area contributed by atoms with Crippen LogP contribution in [0.1, 0.15) is 25.0 Å². The summed E-state index contributed by atoms with van der Waals surface area (Å²) in [5, 5.41) is 8.27. The Morgan fingerprint density at radius 2 is 1.65 bits per heavy atom. The topological polar surface area (TPSA) is 85.7 Å². The third-order valence-electron chi connectivity index (χ3n) is 3.61. The number of hydrogen-bond donors (Lipinski definition) is 0. The Balaban J connectivity index is 2.26. The van der Waals surface area contributed by atoms with Crippen LogP contribution in [-0.4, -0.2) is 40.1 Å². The SMILES string of the molecule is CSc1nnc(S(=O)(=O)c2nc3cc(C)c(C)cc3nc2SC(C)C)s1. The molecule has 26 heavy (non-hydrogen) atoms. The molecule has 0 amide bonds. The Morgan fingerprint density at radius 1 is 1.04 bits per heavy atom. The van der Waals surface area contributed by atoms with Gasteiger partial charge in [0.05, 0.1) is 11.0 Å². The van der Waals surface area contributed by atoms with Crippen LogP contribution in [0.5, 0.6) is 0 Å². The molecule has 10 heteroatoms. The predicted octanol–water partition coefficient (Wildman–Crippen LogP) is 4.15. The molecule has 3 rings (SSSR count). The first-order valence-corrected chi connectivity index (χ1v) is 12.2. The second kappa shape index (κ2) is 7.41. The molecule has 0 aliphatic carbocycles. The van der Waals surface area contributed by atoms with E-state index in [0.717, 1.165) is 22.5 Å². The van der Waals surface area contributed by atoms with Gasteiger partial charge in [-0.1, -0.05) is 36.9 Å². The number of fused-ring (bicyclic) bond motifs is 1. The number of hydrogen-bond acceptors (Lipinski definition) is 9. The molecular weight excluding hydrogens is 408 g/mol. The van der Waals surface area contributed by atoms with Crippen molar-refractivity contribution in [2.24, 2.45) is 0 Å². The molecule has 0 saturated carbocycles. The Labute approximate surface area is 165 Å². The van der Waals surface area contributed by atoms with Gasteiger partial charge in [-0.05, 0) is 43.4 Å². The van der Waals surface area contributed by atoms with E-state index in [1.54, 1.807) is 0 Å². The Bertz CT molecular complexity index is 1080. The van der Waals surface area contributed by atoms with E-state index in [-0.39, 0.29) is 14.6 Å². The average molecular weight is 427 g/mol. The number of rotatable bonds is 5. The van der Waals surface area contributed by atoms with Crippen molar-refractivity contribution in [1.82, 2.24) is 20.2 Å². The minimum absolute atomic E-state index is 0.0456. The van der Waals surface area contributed by atoms with Gasteiger partial charge in [-0.2, -0.15) is 0 Å². The fraction of sp³-hybridized carbons (Fsp3) is 0.375. The summed E-state index contributed by atoms with van der Waals surface area (Å²) in [7, 11) is -3.88. The number of sulfone groups is 1. The predicted molar refractivity (Wildman–Crippen MR) is 107 cm³/mol.